The van der Waals surface area contributed by atoms with E-state index in [0.29, 0.717) is 18.4 Å². The maximum absolute atomic E-state index is 13.2. The number of carbonyl (C=O) groups excluding carboxylic acids is 2. The van der Waals surface area contributed by atoms with E-state index in [2.05, 4.69) is 24.1 Å². The van der Waals surface area contributed by atoms with E-state index in [4.69, 9.17) is 19.9 Å². The molecule has 0 aliphatic carbocycles. The number of nitrogens with one attached hydrogen (secondary N) is 1. The van der Waals surface area contributed by atoms with Gasteiger partial charge in [0.05, 0.1) is 24.0 Å². The number of rotatable bonds is 9. The molecule has 3 aliphatic heterocycles. The van der Waals surface area contributed by atoms with Gasteiger partial charge in [-0.05, 0) is 92.0 Å². The lowest BCUT2D eigenvalue weighted by Crippen LogP contribution is -2.38. The molecule has 1 fully saturated rings. The van der Waals surface area contributed by atoms with Crippen LogP contribution in [0.25, 0.3) is 12.2 Å². The third-order valence-electron chi connectivity index (χ3n) is 10.5. The highest BCUT2D eigenvalue weighted by Gasteiger charge is 2.27. The van der Waals surface area contributed by atoms with Gasteiger partial charge in [-0.1, -0.05) is 105 Å². The molecule has 2 amide bonds. The van der Waals surface area contributed by atoms with Crippen molar-refractivity contribution in [3.63, 3.8) is 0 Å². The lowest BCUT2D eigenvalue weighted by Gasteiger charge is -2.32. The van der Waals surface area contributed by atoms with E-state index >= 15 is 0 Å². The summed E-state index contributed by atoms with van der Waals surface area (Å²) in [6, 6.07) is 36.9. The van der Waals surface area contributed by atoms with E-state index in [1.807, 2.05) is 128 Å². The predicted octanol–water partition coefficient (Wildman–Crippen LogP) is 9.31. The van der Waals surface area contributed by atoms with Gasteiger partial charge in [-0.15, -0.1) is 0 Å². The molecule has 0 saturated carbocycles. The molecule has 5 aromatic rings. The van der Waals surface area contributed by atoms with Crippen LogP contribution < -0.4 is 30.2 Å². The topological polar surface area (TPSA) is 106 Å². The Bertz CT molecular complexity index is 2070. The van der Waals surface area contributed by atoms with Gasteiger partial charge in [0, 0.05) is 24.1 Å². The number of benzene rings is 5. The van der Waals surface area contributed by atoms with E-state index in [1.54, 1.807) is 4.90 Å². The fraction of sp³-hybridized carbons (Fsp3) is 0.277. The number of carbonyl (C=O) groups is 2. The zero-order valence-electron chi connectivity index (χ0n) is 32.8. The van der Waals surface area contributed by atoms with Crippen molar-refractivity contribution in [2.75, 3.05) is 44.5 Å². The smallest absolute Gasteiger partial charge is 0.323 e. The van der Waals surface area contributed by atoms with Crippen LogP contribution in [0.2, 0.25) is 0 Å². The molecule has 0 spiro atoms. The van der Waals surface area contributed by atoms with Crippen LogP contribution in [0.1, 0.15) is 60.2 Å². The molecule has 3 aliphatic rings. The Hall–Kier alpha value is -5.97. The van der Waals surface area contributed by atoms with Gasteiger partial charge < -0.3 is 25.3 Å². The van der Waals surface area contributed by atoms with Crippen LogP contribution in [0.3, 0.4) is 0 Å². The van der Waals surface area contributed by atoms with E-state index in [-0.39, 0.29) is 24.4 Å². The number of piperidine rings is 1. The van der Waals surface area contributed by atoms with Crippen molar-refractivity contribution in [3.05, 3.63) is 149 Å². The molecule has 57 heavy (non-hydrogen) atoms. The highest BCUT2D eigenvalue weighted by Crippen LogP contribution is 2.37. The molecule has 9 nitrogen and oxygen atoms in total. The molecule has 0 bridgehead atoms. The average molecular weight is 771 g/mol. The number of urea groups is 1. The minimum Gasteiger partial charge on any atom is -0.493 e. The summed E-state index contributed by atoms with van der Waals surface area (Å²) in [4.78, 5) is 27.5. The monoisotopic (exact) mass is 770 g/mol. The molecule has 0 aromatic heterocycles. The summed E-state index contributed by atoms with van der Waals surface area (Å²) in [7, 11) is 0. The molecular formula is C47H51FN4O5. The summed E-state index contributed by atoms with van der Waals surface area (Å²) in [5.74, 6) is 2.99. The number of nitrogens with two attached hydrogens (primary N) is 1. The van der Waals surface area contributed by atoms with Crippen LogP contribution in [0.5, 0.6) is 17.2 Å². The van der Waals surface area contributed by atoms with Crippen LogP contribution >= 0.6 is 0 Å². The maximum atomic E-state index is 13.2. The first kappa shape index (κ1) is 40.7. The number of ether oxygens (including phenoxy) is 3. The van der Waals surface area contributed by atoms with Gasteiger partial charge >= 0.3 is 6.03 Å². The van der Waals surface area contributed by atoms with Gasteiger partial charge in [0.2, 0.25) is 6.79 Å². The second-order valence-electron chi connectivity index (χ2n) is 14.0. The second-order valence-corrected chi connectivity index (χ2v) is 14.0. The number of Topliss-reactive ketones (excluding diaryl/α,β-unsaturated/α-hetero) is 1. The summed E-state index contributed by atoms with van der Waals surface area (Å²) >= 11 is 0. The Kier molecular flexibility index (Phi) is 14.1. The van der Waals surface area contributed by atoms with E-state index < -0.39 is 6.03 Å². The SMILES string of the molecule is CCN(CC)C(C)C(=O)c1ccccc1.Fc1ccc([C@@H]2CCNC[C@H]2COc2ccc3c(c2)OCO3)cc1.NC(=O)N1c2ccccc2C=Cc2ccccc21. The molecule has 3 atom stereocenters. The van der Waals surface area contributed by atoms with Gasteiger partial charge in [0.25, 0.3) is 0 Å². The zero-order chi connectivity index (χ0) is 40.1. The van der Waals surface area contributed by atoms with Crippen LogP contribution in [-0.4, -0.2) is 62.3 Å². The number of anilines is 2. The second kappa shape index (κ2) is 19.8. The number of para-hydroxylation sites is 2. The molecule has 10 heteroatoms. The van der Waals surface area contributed by atoms with Gasteiger partial charge in [-0.2, -0.15) is 0 Å². The molecule has 3 heterocycles. The highest BCUT2D eigenvalue weighted by atomic mass is 19.1. The lowest BCUT2D eigenvalue weighted by atomic mass is 9.81. The third-order valence-corrected chi connectivity index (χ3v) is 10.5. The summed E-state index contributed by atoms with van der Waals surface area (Å²) in [5.41, 5.74) is 11.1. The molecule has 8 rings (SSSR count). The van der Waals surface area contributed by atoms with Crippen LogP contribution in [-0.2, 0) is 0 Å². The average Bonchev–Trinajstić information content (AvgIpc) is 3.65. The van der Waals surface area contributed by atoms with E-state index in [0.717, 1.165) is 77.9 Å². The summed E-state index contributed by atoms with van der Waals surface area (Å²) in [6.45, 7) is 10.7. The first-order valence-corrected chi connectivity index (χ1v) is 19.5. The summed E-state index contributed by atoms with van der Waals surface area (Å²) in [6.07, 6.45) is 5.02. The van der Waals surface area contributed by atoms with Gasteiger partial charge in [-0.3, -0.25) is 14.6 Å². The van der Waals surface area contributed by atoms with E-state index in [1.165, 1.54) is 17.7 Å². The largest absolute Gasteiger partial charge is 0.493 e. The molecular weight excluding hydrogens is 720 g/mol. The summed E-state index contributed by atoms with van der Waals surface area (Å²) in [5, 5.41) is 3.43. The Labute approximate surface area is 334 Å². The quantitative estimate of drug-likeness (QED) is 0.144. The number of amides is 2. The van der Waals surface area contributed by atoms with Crippen LogP contribution in [0, 0.1) is 11.7 Å². The number of halogens is 1. The van der Waals surface area contributed by atoms with Gasteiger partial charge in [0.15, 0.2) is 17.3 Å². The van der Waals surface area contributed by atoms with Crippen molar-refractivity contribution < 1.29 is 28.2 Å². The first-order valence-electron chi connectivity index (χ1n) is 19.5. The first-order chi connectivity index (χ1) is 27.8. The maximum Gasteiger partial charge on any atom is 0.323 e. The standard InChI is InChI=1S/C19H20FNO3.C15H12N2O.C13H19NO/c20-15-3-1-13(2-4-15)17-7-8-21-10-14(17)11-22-16-5-6-18-19(9-16)24-12-23-18;16-15(18)17-13-7-3-1-5-11(13)9-10-12-6-2-4-8-14(12)17;1-4-14(5-2)11(3)13(15)12-9-7-6-8-10-12/h1-6,9,14,17,21H,7-8,10-12H2;1-10H,(H2,16,18);6-11H,4-5H2,1-3H3/t14-,17-;;/m0../s1. The molecule has 0 radical (unpaired) electrons. The third kappa shape index (κ3) is 10.3. The number of hydrogen-bond acceptors (Lipinski definition) is 7. The molecule has 5 aromatic carbocycles. The molecule has 1 unspecified atom stereocenters. The van der Waals surface area contributed by atoms with Crippen molar-refractivity contribution in [3.8, 4) is 17.2 Å². The Balaban J connectivity index is 0.000000150. The van der Waals surface area contributed by atoms with E-state index in [9.17, 15) is 14.0 Å². The zero-order valence-corrected chi connectivity index (χ0v) is 32.8. The van der Waals surface area contributed by atoms with Crippen molar-refractivity contribution in [2.45, 2.75) is 39.2 Å². The fourth-order valence-corrected chi connectivity index (χ4v) is 7.41. The van der Waals surface area contributed by atoms with Crippen molar-refractivity contribution >= 4 is 35.3 Å². The molecule has 1 saturated heterocycles. The summed E-state index contributed by atoms with van der Waals surface area (Å²) < 4.78 is 29.9. The lowest BCUT2D eigenvalue weighted by molar-refractivity contribution is 0.0851. The number of nitrogens with zero attached hydrogens (tertiary/aromatic N) is 2. The number of ketones is 1. The number of likely N-dealkylation sites (N-methyl/N-ethyl adjacent to an activating group) is 1. The Morgan fingerprint density at radius 3 is 2.09 bits per heavy atom. The van der Waals surface area contributed by atoms with Crippen molar-refractivity contribution in [2.24, 2.45) is 11.7 Å². The van der Waals surface area contributed by atoms with Gasteiger partial charge in [-0.25, -0.2) is 9.18 Å². The fourth-order valence-electron chi connectivity index (χ4n) is 7.41. The number of hydrogen-bond donors (Lipinski definition) is 2. The number of primary amides is 1. The predicted molar refractivity (Wildman–Crippen MR) is 225 cm³/mol. The molecule has 296 valence electrons. The highest BCUT2D eigenvalue weighted by molar-refractivity contribution is 6.04. The number of fused-ring (bicyclic) bond motifs is 3. The van der Waals surface area contributed by atoms with Crippen LogP contribution in [0.15, 0.2) is 121 Å². The van der Waals surface area contributed by atoms with Crippen LogP contribution in [0.4, 0.5) is 20.6 Å². The Morgan fingerprint density at radius 2 is 1.46 bits per heavy atom. The Morgan fingerprint density at radius 1 is 0.842 bits per heavy atom. The minimum atomic E-state index is -0.474. The minimum absolute atomic E-state index is 0.0256. The normalized spacial score (nSPS) is 16.8. The van der Waals surface area contributed by atoms with Crippen molar-refractivity contribution in [1.29, 1.82) is 0 Å². The molecule has 3 N–H and O–H groups in total. The van der Waals surface area contributed by atoms with Crippen molar-refractivity contribution in [1.82, 2.24) is 10.2 Å². The van der Waals surface area contributed by atoms with Gasteiger partial charge in [0.1, 0.15) is 11.6 Å².